The highest BCUT2D eigenvalue weighted by Gasteiger charge is 2.39. The number of carbonyl (C=O) groups is 1. The minimum atomic E-state index is -0.805. The molecule has 1 atom stereocenters. The zero-order chi connectivity index (χ0) is 18.3. The molecule has 0 unspecified atom stereocenters. The van der Waals surface area contributed by atoms with Gasteiger partial charge in [0.1, 0.15) is 11.2 Å². The molecule has 0 bridgehead atoms. The fourth-order valence-electron chi connectivity index (χ4n) is 3.15. The predicted octanol–water partition coefficient (Wildman–Crippen LogP) is 2.06. The fourth-order valence-corrected chi connectivity index (χ4v) is 3.15. The first kappa shape index (κ1) is 15.9. The fraction of sp³-hybridized carbons (Fsp3) is 0.105. The second-order valence-electron chi connectivity index (χ2n) is 5.72. The molecule has 0 radical (unpaired) electrons. The van der Waals surface area contributed by atoms with Crippen LogP contribution in [0.15, 0.2) is 69.5 Å². The van der Waals surface area contributed by atoms with Crippen LogP contribution in [0.5, 0.6) is 5.75 Å². The van der Waals surface area contributed by atoms with Gasteiger partial charge >= 0.3 is 11.6 Å². The van der Waals surface area contributed by atoms with E-state index in [1.54, 1.807) is 48.8 Å². The number of para-hydroxylation sites is 1. The lowest BCUT2D eigenvalue weighted by atomic mass is 9.84. The van der Waals surface area contributed by atoms with Crippen molar-refractivity contribution in [3.8, 4) is 5.75 Å². The van der Waals surface area contributed by atoms with Crippen LogP contribution in [0, 0.1) is 0 Å². The number of esters is 1. The van der Waals surface area contributed by atoms with Crippen LogP contribution >= 0.6 is 0 Å². The molecule has 4 rings (SSSR count). The highest BCUT2D eigenvalue weighted by molar-refractivity contribution is 5.94. The standard InChI is InChI=1S/C19H14N2O5/c1-24-18(22)15-13(10-5-4-8-21-9-10)14-16(26-17(15)20)11-6-2-3-7-12(11)25-19(14)23/h2-9,13H,20H2,1H3/t13-/m0/s1. The van der Waals surface area contributed by atoms with Crippen molar-refractivity contribution in [3.63, 3.8) is 0 Å². The van der Waals surface area contributed by atoms with E-state index in [-0.39, 0.29) is 22.8 Å². The summed E-state index contributed by atoms with van der Waals surface area (Å²) in [5.74, 6) is -1.33. The molecule has 0 spiro atoms. The number of benzene rings is 1. The molecule has 26 heavy (non-hydrogen) atoms. The Morgan fingerprint density at radius 3 is 2.77 bits per heavy atom. The maximum Gasteiger partial charge on any atom is 0.344 e. The van der Waals surface area contributed by atoms with Crippen LogP contribution in [0.2, 0.25) is 0 Å². The largest absolute Gasteiger partial charge is 0.465 e. The Balaban J connectivity index is 2.08. The molecule has 1 aromatic carbocycles. The first-order chi connectivity index (χ1) is 12.6. The summed E-state index contributed by atoms with van der Waals surface area (Å²) in [6, 6.07) is 10.4. The van der Waals surface area contributed by atoms with Crippen molar-refractivity contribution in [2.75, 3.05) is 7.11 Å². The third-order valence-corrected chi connectivity index (χ3v) is 4.28. The van der Waals surface area contributed by atoms with E-state index >= 15 is 0 Å². The molecule has 0 saturated heterocycles. The highest BCUT2D eigenvalue weighted by Crippen LogP contribution is 2.43. The Hall–Kier alpha value is -3.61. The lowest BCUT2D eigenvalue weighted by Gasteiger charge is -2.27. The van der Waals surface area contributed by atoms with Gasteiger partial charge in [-0.2, -0.15) is 0 Å². The second-order valence-corrected chi connectivity index (χ2v) is 5.72. The van der Waals surface area contributed by atoms with Crippen molar-refractivity contribution in [1.82, 2.24) is 4.98 Å². The average molecular weight is 350 g/mol. The predicted molar refractivity (Wildman–Crippen MR) is 92.4 cm³/mol. The SMILES string of the molecule is COC(=O)C1=C(N)Oc2c(c(=O)oc3ccccc23)[C@@H]1c1cccnc1. The molecule has 0 fully saturated rings. The van der Waals surface area contributed by atoms with E-state index in [2.05, 4.69) is 4.98 Å². The summed E-state index contributed by atoms with van der Waals surface area (Å²) in [7, 11) is 1.24. The van der Waals surface area contributed by atoms with Gasteiger partial charge in [-0.1, -0.05) is 18.2 Å². The second kappa shape index (κ2) is 6.03. The van der Waals surface area contributed by atoms with Gasteiger partial charge in [0.25, 0.3) is 0 Å². The van der Waals surface area contributed by atoms with Crippen LogP contribution in [0.1, 0.15) is 17.0 Å². The minimum absolute atomic E-state index is 0.0376. The highest BCUT2D eigenvalue weighted by atomic mass is 16.5. The molecule has 1 aliphatic rings. The third kappa shape index (κ3) is 2.33. The van der Waals surface area contributed by atoms with Crippen LogP contribution in [-0.2, 0) is 9.53 Å². The van der Waals surface area contributed by atoms with Crippen molar-refractivity contribution in [3.05, 3.63) is 81.8 Å². The number of nitrogens with zero attached hydrogens (tertiary/aromatic N) is 1. The Kier molecular flexibility index (Phi) is 3.69. The van der Waals surface area contributed by atoms with Gasteiger partial charge in [0, 0.05) is 12.4 Å². The van der Waals surface area contributed by atoms with Crippen LogP contribution in [0.4, 0.5) is 0 Å². The van der Waals surface area contributed by atoms with Gasteiger partial charge in [-0.15, -0.1) is 0 Å². The van der Waals surface area contributed by atoms with E-state index in [1.807, 2.05) is 0 Å². The van der Waals surface area contributed by atoms with Crippen molar-refractivity contribution in [1.29, 1.82) is 0 Å². The Morgan fingerprint density at radius 2 is 2.04 bits per heavy atom. The zero-order valence-electron chi connectivity index (χ0n) is 13.8. The van der Waals surface area contributed by atoms with E-state index in [0.717, 1.165) is 0 Å². The van der Waals surface area contributed by atoms with Crippen LogP contribution < -0.4 is 16.1 Å². The number of rotatable bonds is 2. The number of pyridine rings is 1. The van der Waals surface area contributed by atoms with Gasteiger partial charge in [0.15, 0.2) is 5.75 Å². The summed E-state index contributed by atoms with van der Waals surface area (Å²) in [5, 5.41) is 0.586. The number of hydrogen-bond acceptors (Lipinski definition) is 7. The first-order valence-electron chi connectivity index (χ1n) is 7.83. The normalized spacial score (nSPS) is 16.1. The average Bonchev–Trinajstić information content (AvgIpc) is 2.67. The Morgan fingerprint density at radius 1 is 1.23 bits per heavy atom. The van der Waals surface area contributed by atoms with E-state index < -0.39 is 17.5 Å². The molecular weight excluding hydrogens is 336 g/mol. The van der Waals surface area contributed by atoms with Crippen molar-refractivity contribution in [2.24, 2.45) is 5.73 Å². The zero-order valence-corrected chi connectivity index (χ0v) is 13.8. The number of fused-ring (bicyclic) bond motifs is 3. The van der Waals surface area contributed by atoms with E-state index in [1.165, 1.54) is 7.11 Å². The minimum Gasteiger partial charge on any atom is -0.465 e. The number of aromatic nitrogens is 1. The Bertz CT molecular complexity index is 1100. The number of hydrogen-bond donors (Lipinski definition) is 1. The summed E-state index contributed by atoms with van der Waals surface area (Å²) in [4.78, 5) is 29.2. The quantitative estimate of drug-likeness (QED) is 0.557. The topological polar surface area (TPSA) is 105 Å². The van der Waals surface area contributed by atoms with Gasteiger partial charge in [-0.25, -0.2) is 9.59 Å². The molecule has 0 amide bonds. The van der Waals surface area contributed by atoms with E-state index in [4.69, 9.17) is 19.6 Å². The molecule has 1 aliphatic heterocycles. The van der Waals surface area contributed by atoms with E-state index in [9.17, 15) is 9.59 Å². The molecule has 2 aromatic heterocycles. The van der Waals surface area contributed by atoms with Gasteiger partial charge < -0.3 is 19.6 Å². The maximum atomic E-state index is 12.7. The number of methoxy groups -OCH3 is 1. The van der Waals surface area contributed by atoms with Gasteiger partial charge in [0.05, 0.1) is 24.0 Å². The summed E-state index contributed by atoms with van der Waals surface area (Å²) < 4.78 is 16.0. The molecule has 2 N–H and O–H groups in total. The molecular formula is C19H14N2O5. The number of nitrogens with two attached hydrogens (primary N) is 1. The molecule has 0 saturated carbocycles. The summed E-state index contributed by atoms with van der Waals surface area (Å²) in [6.45, 7) is 0. The van der Waals surface area contributed by atoms with Crippen molar-refractivity contribution in [2.45, 2.75) is 5.92 Å². The summed E-state index contributed by atoms with van der Waals surface area (Å²) in [6.07, 6.45) is 3.15. The van der Waals surface area contributed by atoms with Crippen molar-refractivity contribution >= 4 is 16.9 Å². The van der Waals surface area contributed by atoms with Crippen LogP contribution in [-0.4, -0.2) is 18.1 Å². The lowest BCUT2D eigenvalue weighted by molar-refractivity contribution is -0.136. The molecule has 7 nitrogen and oxygen atoms in total. The monoisotopic (exact) mass is 350 g/mol. The van der Waals surface area contributed by atoms with Gasteiger partial charge in [-0.3, -0.25) is 4.98 Å². The Labute approximate surface area is 147 Å². The molecule has 7 heteroatoms. The first-order valence-corrected chi connectivity index (χ1v) is 7.83. The molecule has 130 valence electrons. The third-order valence-electron chi connectivity index (χ3n) is 4.28. The van der Waals surface area contributed by atoms with Crippen LogP contribution in [0.3, 0.4) is 0 Å². The summed E-state index contributed by atoms with van der Waals surface area (Å²) in [5.41, 5.74) is 6.63. The molecule has 0 aliphatic carbocycles. The summed E-state index contributed by atoms with van der Waals surface area (Å²) >= 11 is 0. The van der Waals surface area contributed by atoms with Crippen LogP contribution in [0.25, 0.3) is 11.0 Å². The van der Waals surface area contributed by atoms with Crippen molar-refractivity contribution < 1.29 is 18.7 Å². The smallest absolute Gasteiger partial charge is 0.344 e. The van der Waals surface area contributed by atoms with E-state index in [0.29, 0.717) is 16.5 Å². The molecule has 3 heterocycles. The number of ether oxygens (including phenoxy) is 2. The molecule has 3 aromatic rings. The number of carbonyl (C=O) groups excluding carboxylic acids is 1. The van der Waals surface area contributed by atoms with Gasteiger partial charge in [-0.05, 0) is 23.8 Å². The lowest BCUT2D eigenvalue weighted by Crippen LogP contribution is -2.30. The maximum absolute atomic E-state index is 12.7. The van der Waals surface area contributed by atoms with Gasteiger partial charge in [0.2, 0.25) is 5.88 Å².